The first-order valence-electron chi connectivity index (χ1n) is 5.14. The lowest BCUT2D eigenvalue weighted by Crippen LogP contribution is -2.50. The summed E-state index contributed by atoms with van der Waals surface area (Å²) in [5.41, 5.74) is -1.72. The summed E-state index contributed by atoms with van der Waals surface area (Å²) in [7, 11) is -0.809. The minimum absolute atomic E-state index is 0.377. The first-order valence-corrected chi connectivity index (χ1v) is 5.14. The monoisotopic (exact) mass is 202 g/mol. The van der Waals surface area contributed by atoms with Crippen LogP contribution < -0.4 is 0 Å². The normalized spacial score (nSPS) is 13.5. The van der Waals surface area contributed by atoms with Gasteiger partial charge in [-0.2, -0.15) is 0 Å². The molecule has 2 N–H and O–H groups in total. The molecule has 0 aromatic rings. The lowest BCUT2D eigenvalue weighted by atomic mass is 9.76. The van der Waals surface area contributed by atoms with Gasteiger partial charge >= 0.3 is 7.12 Å². The molecule has 0 aromatic carbocycles. The van der Waals surface area contributed by atoms with Gasteiger partial charge < -0.3 is 14.8 Å². The van der Waals surface area contributed by atoms with Crippen molar-refractivity contribution in [3.63, 3.8) is 0 Å². The summed E-state index contributed by atoms with van der Waals surface area (Å²) in [6, 6.07) is 0. The summed E-state index contributed by atoms with van der Waals surface area (Å²) in [4.78, 5) is 0. The average molecular weight is 202 g/mol. The highest BCUT2D eigenvalue weighted by Gasteiger charge is 2.38. The number of rotatable bonds is 5. The molecule has 0 saturated heterocycles. The van der Waals surface area contributed by atoms with Crippen LogP contribution in [0.1, 0.15) is 41.5 Å². The second-order valence-electron chi connectivity index (χ2n) is 5.27. The van der Waals surface area contributed by atoms with Crippen LogP contribution in [-0.4, -0.2) is 28.5 Å². The van der Waals surface area contributed by atoms with Crippen molar-refractivity contribution >= 4 is 7.12 Å². The van der Waals surface area contributed by atoms with Gasteiger partial charge in [0.1, 0.15) is 0 Å². The van der Waals surface area contributed by atoms with Gasteiger partial charge in [-0.3, -0.25) is 0 Å². The molecule has 0 atom stereocenters. The van der Waals surface area contributed by atoms with Crippen molar-refractivity contribution in [2.24, 2.45) is 5.92 Å². The van der Waals surface area contributed by atoms with Crippen molar-refractivity contribution in [3.8, 4) is 0 Å². The van der Waals surface area contributed by atoms with E-state index < -0.39 is 18.3 Å². The van der Waals surface area contributed by atoms with Crippen molar-refractivity contribution in [2.75, 3.05) is 0 Å². The molecule has 14 heavy (non-hydrogen) atoms. The molecule has 0 heterocycles. The minimum Gasteiger partial charge on any atom is -0.427 e. The highest BCUT2D eigenvalue weighted by molar-refractivity contribution is 6.42. The van der Waals surface area contributed by atoms with E-state index in [1.807, 2.05) is 13.8 Å². The van der Waals surface area contributed by atoms with Gasteiger partial charge in [0.15, 0.2) is 0 Å². The van der Waals surface area contributed by atoms with Gasteiger partial charge in [-0.1, -0.05) is 13.8 Å². The van der Waals surface area contributed by atoms with Gasteiger partial charge in [0.05, 0.1) is 11.2 Å². The van der Waals surface area contributed by atoms with E-state index >= 15 is 0 Å². The first kappa shape index (κ1) is 13.9. The molecule has 0 bridgehead atoms. The maximum atomic E-state index is 9.79. The molecule has 0 unspecified atom stereocenters. The Kier molecular flexibility index (Phi) is 4.62. The molecule has 0 radical (unpaired) electrons. The summed E-state index contributed by atoms with van der Waals surface area (Å²) >= 11 is 0. The molecular weight excluding hydrogens is 179 g/mol. The summed E-state index contributed by atoms with van der Waals surface area (Å²) in [6.07, 6.45) is 0.583. The third-order valence-corrected chi connectivity index (χ3v) is 2.58. The van der Waals surface area contributed by atoms with E-state index in [2.05, 4.69) is 0 Å². The fourth-order valence-corrected chi connectivity index (χ4v) is 0.936. The molecule has 0 aliphatic rings. The Labute approximate surface area is 87.6 Å². The van der Waals surface area contributed by atoms with E-state index in [0.717, 1.165) is 0 Å². The molecule has 0 aliphatic carbocycles. The van der Waals surface area contributed by atoms with Crippen LogP contribution in [0.2, 0.25) is 6.32 Å². The fourth-order valence-electron chi connectivity index (χ4n) is 0.936. The summed E-state index contributed by atoms with van der Waals surface area (Å²) in [6.45, 7) is 10.9. The Balaban J connectivity index is 4.22. The van der Waals surface area contributed by atoms with Gasteiger partial charge in [0, 0.05) is 0 Å². The second-order valence-corrected chi connectivity index (χ2v) is 5.27. The third-order valence-electron chi connectivity index (χ3n) is 2.58. The molecule has 0 spiro atoms. The number of aliphatic hydroxyl groups is 1. The molecule has 0 amide bonds. The lowest BCUT2D eigenvalue weighted by molar-refractivity contribution is -0.100. The van der Waals surface area contributed by atoms with Crippen LogP contribution in [0.15, 0.2) is 0 Å². The van der Waals surface area contributed by atoms with Crippen LogP contribution in [-0.2, 0) is 4.65 Å². The molecular formula is C10H23BO3. The Morgan fingerprint density at radius 1 is 1.21 bits per heavy atom. The lowest BCUT2D eigenvalue weighted by Gasteiger charge is -2.38. The highest BCUT2D eigenvalue weighted by Crippen LogP contribution is 2.26. The topological polar surface area (TPSA) is 49.7 Å². The van der Waals surface area contributed by atoms with Gasteiger partial charge in [0.2, 0.25) is 0 Å². The van der Waals surface area contributed by atoms with Crippen LogP contribution in [0, 0.1) is 5.92 Å². The highest BCUT2D eigenvalue weighted by atomic mass is 16.5. The quantitative estimate of drug-likeness (QED) is 0.667. The molecule has 4 heteroatoms. The predicted octanol–water partition coefficient (Wildman–Crippen LogP) is 1.69. The van der Waals surface area contributed by atoms with Gasteiger partial charge in [0.25, 0.3) is 0 Å². The Bertz CT molecular complexity index is 173. The van der Waals surface area contributed by atoms with Crippen molar-refractivity contribution < 1.29 is 14.8 Å². The van der Waals surface area contributed by atoms with Gasteiger partial charge in [-0.15, -0.1) is 0 Å². The molecule has 0 fully saturated rings. The Morgan fingerprint density at radius 3 is 1.93 bits per heavy atom. The van der Waals surface area contributed by atoms with Crippen molar-refractivity contribution in [2.45, 2.75) is 59.1 Å². The minimum atomic E-state index is -0.967. The fraction of sp³-hybridized carbons (Fsp3) is 1.00. The van der Waals surface area contributed by atoms with E-state index in [-0.39, 0.29) is 0 Å². The zero-order chi connectivity index (χ0) is 11.6. The molecule has 0 saturated carbocycles. The smallest absolute Gasteiger partial charge is 0.427 e. The Hall–Kier alpha value is -0.0551. The summed E-state index contributed by atoms with van der Waals surface area (Å²) in [5, 5.41) is 19.4. The zero-order valence-electron chi connectivity index (χ0n) is 10.2. The van der Waals surface area contributed by atoms with Gasteiger partial charge in [-0.25, -0.2) is 0 Å². The predicted molar refractivity (Wildman–Crippen MR) is 59.1 cm³/mol. The molecule has 0 aromatic heterocycles. The molecule has 84 valence electrons. The maximum absolute atomic E-state index is 9.79. The number of hydrogen-bond acceptors (Lipinski definition) is 3. The van der Waals surface area contributed by atoms with Crippen molar-refractivity contribution in [1.29, 1.82) is 0 Å². The van der Waals surface area contributed by atoms with Crippen LogP contribution >= 0.6 is 0 Å². The van der Waals surface area contributed by atoms with E-state index in [9.17, 15) is 10.1 Å². The van der Waals surface area contributed by atoms with E-state index in [1.54, 1.807) is 27.7 Å². The van der Waals surface area contributed by atoms with Gasteiger partial charge in [-0.05, 0) is 39.9 Å². The zero-order valence-corrected chi connectivity index (χ0v) is 10.2. The summed E-state index contributed by atoms with van der Waals surface area (Å²) < 4.78 is 5.42. The third kappa shape index (κ3) is 4.44. The molecule has 0 aliphatic heterocycles. The Morgan fingerprint density at radius 2 is 1.64 bits per heavy atom. The van der Waals surface area contributed by atoms with Crippen LogP contribution in [0.3, 0.4) is 0 Å². The summed E-state index contributed by atoms with van der Waals surface area (Å²) in [5.74, 6) is 0.377. The van der Waals surface area contributed by atoms with Crippen LogP contribution in [0.4, 0.5) is 0 Å². The largest absolute Gasteiger partial charge is 0.454 e. The standard InChI is InChI=1S/C10H23BO3/c1-8(2)7-11(13)14-10(5,6)9(3,4)12/h8,12-13H,7H2,1-6H3. The average Bonchev–Trinajstić information content (AvgIpc) is 1.79. The van der Waals surface area contributed by atoms with Crippen LogP contribution in [0.25, 0.3) is 0 Å². The van der Waals surface area contributed by atoms with E-state index in [4.69, 9.17) is 4.65 Å². The van der Waals surface area contributed by atoms with Crippen molar-refractivity contribution in [3.05, 3.63) is 0 Å². The first-order chi connectivity index (χ1) is 6.06. The molecule has 0 rings (SSSR count). The number of hydrogen-bond donors (Lipinski definition) is 2. The SMILES string of the molecule is CC(C)CB(O)OC(C)(C)C(C)(C)O. The van der Waals surface area contributed by atoms with Crippen molar-refractivity contribution in [1.82, 2.24) is 0 Å². The molecule has 3 nitrogen and oxygen atoms in total. The van der Waals surface area contributed by atoms with E-state index in [1.165, 1.54) is 0 Å². The second kappa shape index (κ2) is 4.64. The maximum Gasteiger partial charge on any atom is 0.454 e. The van der Waals surface area contributed by atoms with Crippen LogP contribution in [0.5, 0.6) is 0 Å². The van der Waals surface area contributed by atoms with E-state index in [0.29, 0.717) is 12.2 Å².